The molecule has 1 unspecified atom stereocenters. The van der Waals surface area contributed by atoms with Gasteiger partial charge in [-0.05, 0) is 25.5 Å². The zero-order chi connectivity index (χ0) is 14.0. The van der Waals surface area contributed by atoms with Gasteiger partial charge in [0, 0.05) is 12.2 Å². The van der Waals surface area contributed by atoms with E-state index in [0.717, 1.165) is 6.20 Å². The van der Waals surface area contributed by atoms with Crippen molar-refractivity contribution in [2.75, 3.05) is 0 Å². The minimum Gasteiger partial charge on any atom is -0.271 e. The summed E-state index contributed by atoms with van der Waals surface area (Å²) in [5.74, 6) is 5.16. The Morgan fingerprint density at radius 1 is 1.37 bits per heavy atom. The molecular formula is C12H15ClFN5. The molecule has 19 heavy (non-hydrogen) atoms. The topological polar surface area (TPSA) is 68.8 Å². The van der Waals surface area contributed by atoms with Gasteiger partial charge in [-0.25, -0.2) is 9.82 Å². The van der Waals surface area contributed by atoms with Crippen LogP contribution in [0.25, 0.3) is 0 Å². The van der Waals surface area contributed by atoms with Gasteiger partial charge in [-0.15, -0.1) is 0 Å². The molecule has 2 rings (SSSR count). The number of nitrogens with zero attached hydrogens (tertiary/aromatic N) is 3. The van der Waals surface area contributed by atoms with Crippen LogP contribution in [0.1, 0.15) is 37.2 Å². The van der Waals surface area contributed by atoms with Crippen LogP contribution in [-0.4, -0.2) is 14.8 Å². The van der Waals surface area contributed by atoms with E-state index in [-0.39, 0.29) is 6.04 Å². The fraction of sp³-hybridized carbons (Fsp3) is 0.333. The van der Waals surface area contributed by atoms with E-state index in [4.69, 9.17) is 17.4 Å². The maximum atomic E-state index is 13.3. The highest BCUT2D eigenvalue weighted by molar-refractivity contribution is 6.31. The minimum absolute atomic E-state index is 0.111. The van der Waals surface area contributed by atoms with E-state index >= 15 is 0 Å². The molecule has 7 heteroatoms. The van der Waals surface area contributed by atoms with Gasteiger partial charge in [0.2, 0.25) is 0 Å². The Balaban J connectivity index is 2.51. The monoisotopic (exact) mass is 283 g/mol. The standard InChI is InChI=1S/C12H15ClFN5/c1-7(2)19-12(10(13)6-17-19)11(18-15)8-3-9(14)5-16-4-8/h3-7,11,18H,15H2,1-2H3. The van der Waals surface area contributed by atoms with Crippen LogP contribution >= 0.6 is 11.6 Å². The molecule has 0 saturated carbocycles. The minimum atomic E-state index is -0.472. The largest absolute Gasteiger partial charge is 0.271 e. The van der Waals surface area contributed by atoms with Crippen molar-refractivity contribution >= 4 is 11.6 Å². The Labute approximate surface area is 115 Å². The Hall–Kier alpha value is -1.50. The number of hydrogen-bond donors (Lipinski definition) is 2. The summed E-state index contributed by atoms with van der Waals surface area (Å²) in [6, 6.07) is 1.01. The maximum Gasteiger partial charge on any atom is 0.141 e. The van der Waals surface area contributed by atoms with Crippen molar-refractivity contribution in [2.24, 2.45) is 5.84 Å². The molecule has 0 radical (unpaired) electrons. The van der Waals surface area contributed by atoms with E-state index in [0.29, 0.717) is 16.3 Å². The van der Waals surface area contributed by atoms with Gasteiger partial charge in [-0.2, -0.15) is 5.10 Å². The first-order chi connectivity index (χ1) is 9.04. The normalized spacial score (nSPS) is 12.9. The van der Waals surface area contributed by atoms with E-state index in [9.17, 15) is 4.39 Å². The van der Waals surface area contributed by atoms with Gasteiger partial charge >= 0.3 is 0 Å². The molecule has 0 amide bonds. The molecule has 0 aliphatic heterocycles. The lowest BCUT2D eigenvalue weighted by atomic mass is 10.1. The number of nitrogens with two attached hydrogens (primary N) is 1. The Bertz CT molecular complexity index is 569. The van der Waals surface area contributed by atoms with Crippen molar-refractivity contribution in [1.82, 2.24) is 20.2 Å². The molecule has 0 fully saturated rings. The zero-order valence-corrected chi connectivity index (χ0v) is 11.4. The Kier molecular flexibility index (Phi) is 4.14. The lowest BCUT2D eigenvalue weighted by molar-refractivity contribution is 0.475. The van der Waals surface area contributed by atoms with Crippen LogP contribution in [0.5, 0.6) is 0 Å². The molecule has 0 bridgehead atoms. The highest BCUT2D eigenvalue weighted by atomic mass is 35.5. The molecule has 0 aliphatic rings. The number of aromatic nitrogens is 3. The van der Waals surface area contributed by atoms with E-state index in [1.54, 1.807) is 17.1 Å². The molecule has 3 N–H and O–H groups in total. The van der Waals surface area contributed by atoms with Crippen LogP contribution in [0.15, 0.2) is 24.7 Å². The van der Waals surface area contributed by atoms with Crippen molar-refractivity contribution in [3.05, 3.63) is 46.8 Å². The molecule has 102 valence electrons. The third-order valence-corrected chi connectivity index (χ3v) is 3.07. The van der Waals surface area contributed by atoms with Crippen LogP contribution in [0.2, 0.25) is 5.02 Å². The summed E-state index contributed by atoms with van der Waals surface area (Å²) in [5.41, 5.74) is 3.91. The Morgan fingerprint density at radius 2 is 2.11 bits per heavy atom. The second-order valence-corrected chi connectivity index (χ2v) is 4.86. The van der Waals surface area contributed by atoms with Gasteiger partial charge < -0.3 is 0 Å². The average molecular weight is 284 g/mol. The third kappa shape index (κ3) is 2.75. The van der Waals surface area contributed by atoms with Gasteiger partial charge in [0.15, 0.2) is 0 Å². The number of hydrazine groups is 1. The molecule has 2 aromatic heterocycles. The van der Waals surface area contributed by atoms with Crippen molar-refractivity contribution in [3.63, 3.8) is 0 Å². The van der Waals surface area contributed by atoms with Crippen molar-refractivity contribution in [2.45, 2.75) is 25.9 Å². The fourth-order valence-electron chi connectivity index (χ4n) is 1.95. The Morgan fingerprint density at radius 3 is 2.68 bits per heavy atom. The number of halogens is 2. The zero-order valence-electron chi connectivity index (χ0n) is 10.6. The fourth-order valence-corrected chi connectivity index (χ4v) is 2.19. The second-order valence-electron chi connectivity index (χ2n) is 4.45. The molecule has 2 heterocycles. The highest BCUT2D eigenvalue weighted by Gasteiger charge is 2.23. The van der Waals surface area contributed by atoms with Crippen LogP contribution in [0.3, 0.4) is 0 Å². The summed E-state index contributed by atoms with van der Waals surface area (Å²) in [6.07, 6.45) is 4.23. The molecule has 2 aromatic rings. The smallest absolute Gasteiger partial charge is 0.141 e. The second kappa shape index (κ2) is 5.64. The summed E-state index contributed by atoms with van der Waals surface area (Å²) in [6.45, 7) is 3.95. The van der Waals surface area contributed by atoms with Gasteiger partial charge in [0.25, 0.3) is 0 Å². The first kappa shape index (κ1) is 13.9. The van der Waals surface area contributed by atoms with Gasteiger partial charge in [-0.1, -0.05) is 11.6 Å². The van der Waals surface area contributed by atoms with Crippen molar-refractivity contribution < 1.29 is 4.39 Å². The van der Waals surface area contributed by atoms with Crippen LogP contribution in [0, 0.1) is 5.82 Å². The predicted octanol–water partition coefficient (Wildman–Crippen LogP) is 2.20. The molecule has 0 aliphatic carbocycles. The quantitative estimate of drug-likeness (QED) is 0.667. The molecule has 0 spiro atoms. The lowest BCUT2D eigenvalue weighted by Gasteiger charge is -2.20. The predicted molar refractivity (Wildman–Crippen MR) is 71.0 cm³/mol. The molecule has 1 atom stereocenters. The average Bonchev–Trinajstić information content (AvgIpc) is 2.73. The molecular weight excluding hydrogens is 269 g/mol. The SMILES string of the molecule is CC(C)n1ncc(Cl)c1C(NN)c1cncc(F)c1. The maximum absolute atomic E-state index is 13.3. The third-order valence-electron chi connectivity index (χ3n) is 2.78. The first-order valence-electron chi connectivity index (χ1n) is 5.84. The van der Waals surface area contributed by atoms with Crippen LogP contribution in [0.4, 0.5) is 4.39 Å². The lowest BCUT2D eigenvalue weighted by Crippen LogP contribution is -2.31. The molecule has 5 nitrogen and oxygen atoms in total. The number of rotatable bonds is 4. The highest BCUT2D eigenvalue weighted by Crippen LogP contribution is 2.29. The summed E-state index contributed by atoms with van der Waals surface area (Å²) in [4.78, 5) is 3.82. The van der Waals surface area contributed by atoms with Crippen LogP contribution < -0.4 is 11.3 Å². The number of hydrogen-bond acceptors (Lipinski definition) is 4. The van der Waals surface area contributed by atoms with E-state index in [1.165, 1.54) is 6.07 Å². The van der Waals surface area contributed by atoms with Crippen LogP contribution in [-0.2, 0) is 0 Å². The molecule has 0 saturated heterocycles. The van der Waals surface area contributed by atoms with Gasteiger partial charge in [-0.3, -0.25) is 15.5 Å². The summed E-state index contributed by atoms with van der Waals surface area (Å²) >= 11 is 6.16. The van der Waals surface area contributed by atoms with E-state index in [1.807, 2.05) is 13.8 Å². The summed E-state index contributed by atoms with van der Waals surface area (Å²) < 4.78 is 15.0. The van der Waals surface area contributed by atoms with Crippen molar-refractivity contribution in [1.29, 1.82) is 0 Å². The summed E-state index contributed by atoms with van der Waals surface area (Å²) in [7, 11) is 0. The molecule has 0 aromatic carbocycles. The van der Waals surface area contributed by atoms with Gasteiger partial charge in [0.1, 0.15) is 5.82 Å². The first-order valence-corrected chi connectivity index (χ1v) is 6.22. The summed E-state index contributed by atoms with van der Waals surface area (Å²) in [5, 5.41) is 4.68. The van der Waals surface area contributed by atoms with Crippen molar-refractivity contribution in [3.8, 4) is 0 Å². The number of pyridine rings is 1. The van der Waals surface area contributed by atoms with E-state index in [2.05, 4.69) is 15.5 Å². The van der Waals surface area contributed by atoms with E-state index < -0.39 is 11.9 Å². The number of nitrogens with one attached hydrogen (secondary N) is 1. The van der Waals surface area contributed by atoms with Gasteiger partial charge in [0.05, 0.1) is 29.2 Å².